The summed E-state index contributed by atoms with van der Waals surface area (Å²) in [5, 5.41) is 15.9. The van der Waals surface area contributed by atoms with Crippen LogP contribution in [0, 0.1) is 6.92 Å². The molecule has 1 saturated heterocycles. The standard InChI is InChI=1S/C13H20N4O4/c1-9-10(7-16(2)15-9)6-14-13(20)17-3-4-21-8-11(17)5-12(18)19/h7,11H,3-6,8H2,1-2H3,(H,14,20)(H,18,19). The molecule has 2 rings (SSSR count). The van der Waals surface area contributed by atoms with Crippen LogP contribution in [0.25, 0.3) is 0 Å². The van der Waals surface area contributed by atoms with Crippen LogP contribution in [-0.4, -0.2) is 57.6 Å². The molecule has 1 aliphatic heterocycles. The van der Waals surface area contributed by atoms with E-state index in [-0.39, 0.29) is 19.1 Å². The van der Waals surface area contributed by atoms with Crippen molar-refractivity contribution in [2.75, 3.05) is 19.8 Å². The van der Waals surface area contributed by atoms with E-state index in [0.717, 1.165) is 11.3 Å². The van der Waals surface area contributed by atoms with E-state index in [4.69, 9.17) is 9.84 Å². The third kappa shape index (κ3) is 3.94. The number of ether oxygens (including phenoxy) is 1. The second-order valence-electron chi connectivity index (χ2n) is 5.09. The van der Waals surface area contributed by atoms with Gasteiger partial charge in [-0.15, -0.1) is 0 Å². The van der Waals surface area contributed by atoms with E-state index in [1.807, 2.05) is 20.2 Å². The molecule has 1 atom stereocenters. The Morgan fingerprint density at radius 1 is 1.57 bits per heavy atom. The van der Waals surface area contributed by atoms with E-state index < -0.39 is 12.0 Å². The topological polar surface area (TPSA) is 96.7 Å². The lowest BCUT2D eigenvalue weighted by molar-refractivity contribution is -0.139. The van der Waals surface area contributed by atoms with Gasteiger partial charge in [0.1, 0.15) is 0 Å². The third-order valence-corrected chi connectivity index (χ3v) is 3.44. The Bertz CT molecular complexity index is 528. The molecule has 0 spiro atoms. The highest BCUT2D eigenvalue weighted by Crippen LogP contribution is 2.11. The molecule has 8 nitrogen and oxygen atoms in total. The van der Waals surface area contributed by atoms with Gasteiger partial charge >= 0.3 is 12.0 Å². The zero-order valence-electron chi connectivity index (χ0n) is 12.2. The number of carboxylic acids is 1. The van der Waals surface area contributed by atoms with Crippen LogP contribution in [0.15, 0.2) is 6.20 Å². The molecule has 1 fully saturated rings. The quantitative estimate of drug-likeness (QED) is 0.822. The Labute approximate surface area is 122 Å². The van der Waals surface area contributed by atoms with Crippen molar-refractivity contribution < 1.29 is 19.4 Å². The van der Waals surface area contributed by atoms with Crippen LogP contribution in [-0.2, 0) is 23.1 Å². The fraction of sp³-hybridized carbons (Fsp3) is 0.615. The maximum atomic E-state index is 12.2. The van der Waals surface area contributed by atoms with E-state index >= 15 is 0 Å². The van der Waals surface area contributed by atoms with E-state index in [1.54, 1.807) is 4.68 Å². The van der Waals surface area contributed by atoms with Crippen molar-refractivity contribution in [3.63, 3.8) is 0 Å². The van der Waals surface area contributed by atoms with Crippen molar-refractivity contribution in [3.05, 3.63) is 17.5 Å². The summed E-state index contributed by atoms with van der Waals surface area (Å²) in [6, 6.07) is -0.695. The number of carbonyl (C=O) groups is 2. The summed E-state index contributed by atoms with van der Waals surface area (Å²) in [5.41, 5.74) is 1.80. The number of morpholine rings is 1. The lowest BCUT2D eigenvalue weighted by Crippen LogP contribution is -2.53. The number of amides is 2. The molecular formula is C13H20N4O4. The molecular weight excluding hydrogens is 276 g/mol. The summed E-state index contributed by atoms with van der Waals surface area (Å²) in [6.07, 6.45) is 1.74. The maximum Gasteiger partial charge on any atom is 0.318 e. The minimum Gasteiger partial charge on any atom is -0.481 e. The molecule has 1 aliphatic rings. The number of rotatable bonds is 4. The molecule has 0 aromatic carbocycles. The monoisotopic (exact) mass is 296 g/mol. The molecule has 0 saturated carbocycles. The van der Waals surface area contributed by atoms with Gasteiger partial charge in [0.15, 0.2) is 0 Å². The van der Waals surface area contributed by atoms with Crippen LogP contribution in [0.5, 0.6) is 0 Å². The first-order valence-electron chi connectivity index (χ1n) is 6.80. The van der Waals surface area contributed by atoms with Crippen molar-refractivity contribution >= 4 is 12.0 Å². The number of carbonyl (C=O) groups excluding carboxylic acids is 1. The fourth-order valence-electron chi connectivity index (χ4n) is 2.39. The van der Waals surface area contributed by atoms with Gasteiger partial charge in [-0.2, -0.15) is 5.10 Å². The van der Waals surface area contributed by atoms with Gasteiger partial charge in [0.2, 0.25) is 0 Å². The zero-order chi connectivity index (χ0) is 15.4. The molecule has 8 heteroatoms. The second-order valence-corrected chi connectivity index (χ2v) is 5.09. The lowest BCUT2D eigenvalue weighted by atomic mass is 10.1. The first kappa shape index (κ1) is 15.3. The van der Waals surface area contributed by atoms with Gasteiger partial charge in [-0.25, -0.2) is 4.79 Å². The van der Waals surface area contributed by atoms with Gasteiger partial charge in [-0.3, -0.25) is 9.48 Å². The van der Waals surface area contributed by atoms with Gasteiger partial charge in [-0.1, -0.05) is 0 Å². The van der Waals surface area contributed by atoms with Gasteiger partial charge in [-0.05, 0) is 6.92 Å². The molecule has 2 heterocycles. The highest BCUT2D eigenvalue weighted by Gasteiger charge is 2.29. The summed E-state index contributed by atoms with van der Waals surface area (Å²) in [4.78, 5) is 24.6. The second kappa shape index (κ2) is 6.57. The summed E-state index contributed by atoms with van der Waals surface area (Å²) >= 11 is 0. The van der Waals surface area contributed by atoms with Crippen molar-refractivity contribution in [1.29, 1.82) is 0 Å². The smallest absolute Gasteiger partial charge is 0.318 e. The number of aryl methyl sites for hydroxylation is 2. The molecule has 0 aliphatic carbocycles. The van der Waals surface area contributed by atoms with Gasteiger partial charge in [0, 0.05) is 31.9 Å². The molecule has 116 valence electrons. The van der Waals surface area contributed by atoms with E-state index in [9.17, 15) is 9.59 Å². The Balaban J connectivity index is 1.94. The Kier molecular flexibility index (Phi) is 4.79. The predicted molar refractivity (Wildman–Crippen MR) is 73.7 cm³/mol. The van der Waals surface area contributed by atoms with Crippen molar-refractivity contribution in [2.24, 2.45) is 7.05 Å². The fourth-order valence-corrected chi connectivity index (χ4v) is 2.39. The van der Waals surface area contributed by atoms with Crippen molar-refractivity contribution in [2.45, 2.75) is 25.9 Å². The van der Waals surface area contributed by atoms with Crippen LogP contribution < -0.4 is 5.32 Å². The SMILES string of the molecule is Cc1nn(C)cc1CNC(=O)N1CCOCC1CC(=O)O. The molecule has 21 heavy (non-hydrogen) atoms. The number of hydrogen-bond donors (Lipinski definition) is 2. The summed E-state index contributed by atoms with van der Waals surface area (Å²) in [6.45, 7) is 3.33. The number of nitrogens with one attached hydrogen (secondary N) is 1. The molecule has 2 amide bonds. The first-order valence-corrected chi connectivity index (χ1v) is 6.80. The number of carboxylic acid groups (broad SMARTS) is 1. The van der Waals surface area contributed by atoms with Crippen LogP contribution in [0.2, 0.25) is 0 Å². The lowest BCUT2D eigenvalue weighted by Gasteiger charge is -2.34. The average Bonchev–Trinajstić information content (AvgIpc) is 2.74. The minimum absolute atomic E-state index is 0.112. The average molecular weight is 296 g/mol. The number of aliphatic carboxylic acids is 1. The Hall–Kier alpha value is -2.09. The highest BCUT2D eigenvalue weighted by atomic mass is 16.5. The van der Waals surface area contributed by atoms with Gasteiger partial charge in [0.05, 0.1) is 31.4 Å². The molecule has 1 aromatic heterocycles. The summed E-state index contributed by atoms with van der Waals surface area (Å²) < 4.78 is 6.94. The zero-order valence-corrected chi connectivity index (χ0v) is 12.2. The molecule has 0 radical (unpaired) electrons. The number of hydrogen-bond acceptors (Lipinski definition) is 4. The first-order chi connectivity index (χ1) is 9.97. The number of urea groups is 1. The molecule has 0 bridgehead atoms. The van der Waals surface area contributed by atoms with Crippen LogP contribution >= 0.6 is 0 Å². The normalized spacial score (nSPS) is 18.6. The summed E-state index contributed by atoms with van der Waals surface area (Å²) in [5.74, 6) is -0.939. The number of aromatic nitrogens is 2. The minimum atomic E-state index is -0.939. The van der Waals surface area contributed by atoms with E-state index in [1.165, 1.54) is 4.90 Å². The number of nitrogens with zero attached hydrogens (tertiary/aromatic N) is 3. The molecule has 1 unspecified atom stereocenters. The van der Waals surface area contributed by atoms with Crippen LogP contribution in [0.4, 0.5) is 4.79 Å². The Morgan fingerprint density at radius 3 is 2.95 bits per heavy atom. The maximum absolute atomic E-state index is 12.2. The highest BCUT2D eigenvalue weighted by molar-refractivity contribution is 5.76. The van der Waals surface area contributed by atoms with Crippen LogP contribution in [0.3, 0.4) is 0 Å². The Morgan fingerprint density at radius 2 is 2.33 bits per heavy atom. The summed E-state index contributed by atoms with van der Waals surface area (Å²) in [7, 11) is 1.82. The van der Waals surface area contributed by atoms with Crippen LogP contribution in [0.1, 0.15) is 17.7 Å². The third-order valence-electron chi connectivity index (χ3n) is 3.44. The largest absolute Gasteiger partial charge is 0.481 e. The van der Waals surface area contributed by atoms with Gasteiger partial charge < -0.3 is 20.1 Å². The van der Waals surface area contributed by atoms with E-state index in [0.29, 0.717) is 19.7 Å². The molecule has 2 N–H and O–H groups in total. The van der Waals surface area contributed by atoms with Crippen molar-refractivity contribution in [1.82, 2.24) is 20.0 Å². The van der Waals surface area contributed by atoms with Crippen molar-refractivity contribution in [3.8, 4) is 0 Å². The molecule has 1 aromatic rings. The van der Waals surface area contributed by atoms with Gasteiger partial charge in [0.25, 0.3) is 0 Å². The predicted octanol–water partition coefficient (Wildman–Crippen LogP) is 0.114. The van der Waals surface area contributed by atoms with E-state index in [2.05, 4.69) is 10.4 Å².